The molecule has 13 N–H and O–H groups in total. The summed E-state index contributed by atoms with van der Waals surface area (Å²) in [7, 11) is 0. The van der Waals surface area contributed by atoms with Crippen LogP contribution in [-0.2, 0) is 18.9 Å². The van der Waals surface area contributed by atoms with Crippen LogP contribution in [0, 0.1) is 0 Å². The van der Waals surface area contributed by atoms with E-state index in [1.54, 1.807) is 0 Å². The lowest BCUT2D eigenvalue weighted by Crippen LogP contribution is -2.65. The number of phenols is 2. The minimum atomic E-state index is -1.94. The molecule has 3 aliphatic rings. The van der Waals surface area contributed by atoms with Crippen molar-refractivity contribution in [1.29, 1.82) is 0 Å². The molecule has 0 unspecified atom stereocenters. The molecular weight excluding hydrogens is 716 g/mol. The number of phenolic OH excluding ortho intramolecular Hbond substituents is 2. The minimum Gasteiger partial charge on any atom is -0.508 e. The van der Waals surface area contributed by atoms with Crippen LogP contribution < -0.4 is 9.47 Å². The summed E-state index contributed by atoms with van der Waals surface area (Å²) in [6.07, 6.45) is -25.9. The van der Waals surface area contributed by atoms with E-state index in [1.807, 2.05) is 0 Å². The van der Waals surface area contributed by atoms with Gasteiger partial charge in [-0.1, -0.05) is 0 Å². The van der Waals surface area contributed by atoms with E-state index in [4.69, 9.17) is 32.8 Å². The van der Waals surface area contributed by atoms with E-state index in [-0.39, 0.29) is 39.5 Å². The zero-order valence-corrected chi connectivity index (χ0v) is 27.5. The Hall–Kier alpha value is -3.55. The normalized spacial score (nSPS) is 37.8. The fourth-order valence-electron chi connectivity index (χ4n) is 6.22. The van der Waals surface area contributed by atoms with Crippen molar-refractivity contribution in [2.45, 2.75) is 92.1 Å². The molecule has 15 atom stereocenters. The Kier molecular flexibility index (Phi) is 11.9. The zero-order valence-electron chi connectivity index (χ0n) is 27.5. The van der Waals surface area contributed by atoms with E-state index in [1.165, 1.54) is 36.4 Å². The van der Waals surface area contributed by atoms with Crippen molar-refractivity contribution >= 4 is 11.0 Å². The highest BCUT2D eigenvalue weighted by Gasteiger charge is 2.52. The van der Waals surface area contributed by atoms with E-state index >= 15 is 0 Å². The molecule has 292 valence electrons. The van der Waals surface area contributed by atoms with E-state index in [9.17, 15) is 66.4 Å². The summed E-state index contributed by atoms with van der Waals surface area (Å²) in [6, 6.07) is 9.07. The van der Waals surface area contributed by atoms with E-state index < -0.39 is 118 Å². The number of hydrogen-bond acceptors (Lipinski definition) is 19. The fourth-order valence-corrected chi connectivity index (χ4v) is 6.22. The number of rotatable bonds is 10. The molecule has 0 amide bonds. The maximum Gasteiger partial charge on any atom is 0.402 e. The second-order valence-corrected chi connectivity index (χ2v) is 12.8. The van der Waals surface area contributed by atoms with Crippen LogP contribution in [0.5, 0.6) is 23.0 Å². The van der Waals surface area contributed by atoms with Crippen LogP contribution in [-0.4, -0.2) is 178 Å². The van der Waals surface area contributed by atoms with Gasteiger partial charge in [0.2, 0.25) is 18.3 Å². The largest absolute Gasteiger partial charge is 0.508 e. The quantitative estimate of drug-likeness (QED) is 0.0876. The Morgan fingerprint density at radius 3 is 1.62 bits per heavy atom. The highest BCUT2D eigenvalue weighted by atomic mass is 16.8. The maximum atomic E-state index is 11.2. The molecule has 3 fully saturated rings. The smallest absolute Gasteiger partial charge is 0.402 e. The van der Waals surface area contributed by atoms with Crippen molar-refractivity contribution in [2.75, 3.05) is 19.8 Å². The molecule has 1 aromatic heterocycles. The molecule has 0 aliphatic carbocycles. The van der Waals surface area contributed by atoms with E-state index in [0.29, 0.717) is 0 Å². The zero-order chi connectivity index (χ0) is 38.3. The third-order valence-electron chi connectivity index (χ3n) is 9.23. The van der Waals surface area contributed by atoms with Gasteiger partial charge in [0.25, 0.3) is 0 Å². The summed E-state index contributed by atoms with van der Waals surface area (Å²) in [4.78, 5) is 0. The highest BCUT2D eigenvalue weighted by molar-refractivity contribution is 5.88. The predicted molar refractivity (Wildman–Crippen MR) is 171 cm³/mol. The first-order valence-corrected chi connectivity index (χ1v) is 16.4. The molecule has 3 aliphatic heterocycles. The van der Waals surface area contributed by atoms with E-state index in [0.717, 1.165) is 6.07 Å². The molecule has 4 heterocycles. The molecule has 53 heavy (non-hydrogen) atoms. The number of aromatic hydroxyl groups is 2. The molecule has 20 nitrogen and oxygen atoms in total. The summed E-state index contributed by atoms with van der Waals surface area (Å²) in [5, 5.41) is 134. The van der Waals surface area contributed by atoms with Crippen molar-refractivity contribution in [3.05, 3.63) is 42.5 Å². The number of hydrogen-bond donors (Lipinski definition) is 13. The lowest BCUT2D eigenvalue weighted by molar-refractivity contribution is -0.357. The first-order valence-electron chi connectivity index (χ1n) is 16.4. The summed E-state index contributed by atoms with van der Waals surface area (Å²) in [5.41, 5.74) is 0.198. The van der Waals surface area contributed by atoms with Crippen LogP contribution in [0.3, 0.4) is 0 Å². The van der Waals surface area contributed by atoms with Gasteiger partial charge in [0.05, 0.1) is 31.5 Å². The molecule has 0 saturated carbocycles. The Balaban J connectivity index is 1.42. The van der Waals surface area contributed by atoms with E-state index in [2.05, 4.69) is 0 Å². The third kappa shape index (κ3) is 7.71. The summed E-state index contributed by atoms with van der Waals surface area (Å²) >= 11 is 0. The second-order valence-electron chi connectivity index (χ2n) is 12.8. The number of aliphatic hydroxyl groups excluding tert-OH is 11. The predicted octanol–water partition coefficient (Wildman–Crippen LogP) is -4.03. The maximum absolute atomic E-state index is 11.2. The lowest BCUT2D eigenvalue weighted by atomic mass is 9.97. The molecule has 6 rings (SSSR count). The van der Waals surface area contributed by atoms with Crippen LogP contribution >= 0.6 is 0 Å². The van der Waals surface area contributed by atoms with Gasteiger partial charge in [0.1, 0.15) is 89.8 Å². The molecule has 3 aromatic rings. The fraction of sp³-hybridized carbons (Fsp3) is 0.545. The number of aliphatic hydroxyl groups is 11. The molecule has 0 radical (unpaired) electrons. The standard InChI is InChI=1S/C33H40O20/c34-8-18-21(39)24(42)27(45)31(50-18)48-16-6-13(38)5-15-14(16)7-17(29(47-15)11-1-3-12(37)4-2-11)49-33-30(26(44)23(41)20(10-36)52-33)53-32-28(46)25(43)22(40)19(9-35)51-32/h1-7,18-28,30-36,39-46H,8-10H2,(H-,37,38)/p+1/t18-,19-,20-,21-,22-,23-,24+,25+,26+,27-,28-,30-,31-,32+,33+/m1/s1. The topological polar surface area (TPSA) is 330 Å². The Labute approximate surface area is 299 Å². The first kappa shape index (κ1) is 39.2. The lowest BCUT2D eigenvalue weighted by Gasteiger charge is -2.45. The highest BCUT2D eigenvalue weighted by Crippen LogP contribution is 2.42. The Morgan fingerprint density at radius 1 is 0.528 bits per heavy atom. The van der Waals surface area contributed by atoms with Crippen molar-refractivity contribution < 1.29 is 99.2 Å². The van der Waals surface area contributed by atoms with Gasteiger partial charge in [-0.3, -0.25) is 0 Å². The average Bonchev–Trinajstić information content (AvgIpc) is 3.14. The van der Waals surface area contributed by atoms with Crippen LogP contribution in [0.1, 0.15) is 0 Å². The number of fused-ring (bicyclic) bond motifs is 1. The van der Waals surface area contributed by atoms with Crippen molar-refractivity contribution in [3.63, 3.8) is 0 Å². The SMILES string of the molecule is OC[C@H]1O[C@@H](Oc2cc(O)cc3[o+]c(-c4ccc(O)cc4)c(O[C@H]4O[C@H](CO)[C@@H](O)[C@H](O)[C@H]4O[C@@H]4O[C@H](CO)[C@@H](O)[C@H](O)[C@H]4O)cc23)[C@H](O)[C@@H](O)[C@@H]1O. The van der Waals surface area contributed by atoms with Crippen LogP contribution in [0.4, 0.5) is 0 Å². The number of ether oxygens (including phenoxy) is 6. The van der Waals surface area contributed by atoms with Gasteiger partial charge in [-0.15, -0.1) is 0 Å². The first-order chi connectivity index (χ1) is 25.3. The summed E-state index contributed by atoms with van der Waals surface area (Å²) in [5.74, 6) is -1.09. The van der Waals surface area contributed by atoms with Gasteiger partial charge in [-0.2, -0.15) is 0 Å². The molecule has 0 bridgehead atoms. The van der Waals surface area contributed by atoms with Gasteiger partial charge in [0, 0.05) is 12.1 Å². The van der Waals surface area contributed by atoms with Crippen molar-refractivity contribution in [1.82, 2.24) is 0 Å². The average molecular weight is 758 g/mol. The Morgan fingerprint density at radius 2 is 1.04 bits per heavy atom. The van der Waals surface area contributed by atoms with Gasteiger partial charge in [-0.05, 0) is 24.3 Å². The van der Waals surface area contributed by atoms with Crippen LogP contribution in [0.2, 0.25) is 0 Å². The van der Waals surface area contributed by atoms with Gasteiger partial charge < -0.3 is 94.8 Å². The minimum absolute atomic E-state index is 0.0128. The summed E-state index contributed by atoms with van der Waals surface area (Å²) < 4.78 is 40.6. The molecule has 20 heteroatoms. The van der Waals surface area contributed by atoms with Crippen LogP contribution in [0.25, 0.3) is 22.3 Å². The van der Waals surface area contributed by atoms with Crippen molar-refractivity contribution in [3.8, 4) is 34.3 Å². The number of benzene rings is 2. The molecule has 2 aromatic carbocycles. The van der Waals surface area contributed by atoms with Gasteiger partial charge in [-0.25, -0.2) is 4.42 Å². The van der Waals surface area contributed by atoms with Crippen molar-refractivity contribution in [2.24, 2.45) is 0 Å². The molecular formula is C33H41O20+. The molecule has 0 spiro atoms. The van der Waals surface area contributed by atoms with Gasteiger partial charge in [0.15, 0.2) is 12.4 Å². The summed E-state index contributed by atoms with van der Waals surface area (Å²) in [6.45, 7) is -2.38. The molecule has 3 saturated heterocycles. The Bertz CT molecular complexity index is 1690. The van der Waals surface area contributed by atoms with Gasteiger partial charge >= 0.3 is 11.3 Å². The third-order valence-corrected chi connectivity index (χ3v) is 9.23. The van der Waals surface area contributed by atoms with Crippen LogP contribution in [0.15, 0.2) is 46.9 Å². The second kappa shape index (κ2) is 16.0. The monoisotopic (exact) mass is 757 g/mol.